The van der Waals surface area contributed by atoms with Gasteiger partial charge in [-0.2, -0.15) is 4.98 Å². The number of halogens is 2. The first-order valence-electron chi connectivity index (χ1n) is 7.86. The summed E-state index contributed by atoms with van der Waals surface area (Å²) in [5.74, 6) is 2.06. The number of benzene rings is 2. The van der Waals surface area contributed by atoms with Crippen LogP contribution in [0.5, 0.6) is 11.5 Å². The van der Waals surface area contributed by atoms with Crippen LogP contribution in [0, 0.1) is 6.92 Å². The third-order valence-electron chi connectivity index (χ3n) is 3.73. The lowest BCUT2D eigenvalue weighted by molar-refractivity contribution is 0.306. The van der Waals surface area contributed by atoms with Gasteiger partial charge in [-0.05, 0) is 60.0 Å². The number of rotatable bonds is 6. The number of ether oxygens (including phenoxy) is 2. The Morgan fingerprint density at radius 1 is 1.04 bits per heavy atom. The van der Waals surface area contributed by atoms with Gasteiger partial charge in [-0.1, -0.05) is 23.7 Å². The van der Waals surface area contributed by atoms with Crippen LogP contribution < -0.4 is 14.8 Å². The molecule has 0 unspecified atom stereocenters. The highest BCUT2D eigenvalue weighted by molar-refractivity contribution is 6.33. The molecule has 0 fully saturated rings. The Morgan fingerprint density at radius 2 is 1.77 bits per heavy atom. The summed E-state index contributed by atoms with van der Waals surface area (Å²) in [6.07, 6.45) is 1.46. The molecule has 0 radical (unpaired) electrons. The molecule has 1 N–H and O–H groups in total. The predicted octanol–water partition coefficient (Wildman–Crippen LogP) is 5.42. The summed E-state index contributed by atoms with van der Waals surface area (Å²) in [5.41, 5.74) is 2.91. The molecular formula is C19H17Cl2N3O2. The SMILES string of the molecule is COc1ccc(COc2ccc(Nc3nc(Cl)ncc3Cl)c(C)c2)cc1. The van der Waals surface area contributed by atoms with Crippen molar-refractivity contribution in [1.29, 1.82) is 0 Å². The van der Waals surface area contributed by atoms with E-state index in [2.05, 4.69) is 15.3 Å². The van der Waals surface area contributed by atoms with Crippen LogP contribution in [-0.4, -0.2) is 17.1 Å². The predicted molar refractivity (Wildman–Crippen MR) is 104 cm³/mol. The number of aryl methyl sites for hydroxylation is 1. The molecule has 5 nitrogen and oxygen atoms in total. The van der Waals surface area contributed by atoms with Gasteiger partial charge >= 0.3 is 0 Å². The fourth-order valence-corrected chi connectivity index (χ4v) is 2.59. The Balaban J connectivity index is 1.67. The third kappa shape index (κ3) is 4.56. The van der Waals surface area contributed by atoms with E-state index < -0.39 is 0 Å². The second kappa shape index (κ2) is 8.25. The van der Waals surface area contributed by atoms with Gasteiger partial charge in [0.05, 0.1) is 13.3 Å². The van der Waals surface area contributed by atoms with Crippen LogP contribution in [0.2, 0.25) is 10.3 Å². The Kier molecular flexibility index (Phi) is 5.81. The minimum absolute atomic E-state index is 0.133. The number of nitrogens with zero attached hydrogens (tertiary/aromatic N) is 2. The maximum atomic E-state index is 6.09. The van der Waals surface area contributed by atoms with Crippen molar-refractivity contribution in [3.05, 3.63) is 70.1 Å². The van der Waals surface area contributed by atoms with E-state index in [4.69, 9.17) is 32.7 Å². The van der Waals surface area contributed by atoms with E-state index in [0.717, 1.165) is 28.3 Å². The Labute approximate surface area is 161 Å². The molecule has 0 aliphatic carbocycles. The highest BCUT2D eigenvalue weighted by Gasteiger charge is 2.07. The van der Waals surface area contributed by atoms with Crippen LogP contribution in [0.15, 0.2) is 48.7 Å². The molecule has 3 rings (SSSR count). The summed E-state index contributed by atoms with van der Waals surface area (Å²) in [6, 6.07) is 13.5. The number of nitrogens with one attached hydrogen (secondary N) is 1. The number of methoxy groups -OCH3 is 1. The van der Waals surface area contributed by atoms with Gasteiger partial charge in [0.2, 0.25) is 5.28 Å². The molecule has 0 saturated heterocycles. The van der Waals surface area contributed by atoms with Crippen molar-refractivity contribution in [2.24, 2.45) is 0 Å². The van der Waals surface area contributed by atoms with E-state index in [1.54, 1.807) is 7.11 Å². The van der Waals surface area contributed by atoms with Crippen LogP contribution in [-0.2, 0) is 6.61 Å². The molecule has 0 aliphatic rings. The highest BCUT2D eigenvalue weighted by Crippen LogP contribution is 2.28. The fraction of sp³-hybridized carbons (Fsp3) is 0.158. The number of anilines is 2. The quantitative estimate of drug-likeness (QED) is 0.570. The van der Waals surface area contributed by atoms with E-state index in [0.29, 0.717) is 17.4 Å². The minimum atomic E-state index is 0.133. The molecule has 1 aromatic heterocycles. The highest BCUT2D eigenvalue weighted by atomic mass is 35.5. The van der Waals surface area contributed by atoms with Crippen molar-refractivity contribution in [1.82, 2.24) is 9.97 Å². The van der Waals surface area contributed by atoms with Crippen molar-refractivity contribution >= 4 is 34.7 Å². The van der Waals surface area contributed by atoms with Gasteiger partial charge in [-0.15, -0.1) is 0 Å². The normalized spacial score (nSPS) is 10.5. The molecule has 0 aliphatic heterocycles. The molecule has 0 bridgehead atoms. The Morgan fingerprint density at radius 3 is 2.46 bits per heavy atom. The van der Waals surface area contributed by atoms with Crippen LogP contribution in [0.1, 0.15) is 11.1 Å². The smallest absolute Gasteiger partial charge is 0.224 e. The standard InChI is InChI=1S/C19H17Cl2N3O2/c1-12-9-15(26-11-13-3-5-14(25-2)6-4-13)7-8-17(12)23-18-16(20)10-22-19(21)24-18/h3-10H,11H2,1-2H3,(H,22,23,24). The van der Waals surface area contributed by atoms with Gasteiger partial charge in [0.15, 0.2) is 5.82 Å². The molecule has 134 valence electrons. The van der Waals surface area contributed by atoms with Gasteiger partial charge in [0, 0.05) is 5.69 Å². The number of aromatic nitrogens is 2. The first-order chi connectivity index (χ1) is 12.5. The monoisotopic (exact) mass is 389 g/mol. The summed E-state index contributed by atoms with van der Waals surface area (Å²) in [5, 5.41) is 3.69. The lowest BCUT2D eigenvalue weighted by Crippen LogP contribution is -1.99. The molecule has 0 atom stereocenters. The lowest BCUT2D eigenvalue weighted by atomic mass is 10.2. The first kappa shape index (κ1) is 18.3. The minimum Gasteiger partial charge on any atom is -0.497 e. The average Bonchev–Trinajstić information content (AvgIpc) is 2.65. The fourth-order valence-electron chi connectivity index (χ4n) is 2.32. The average molecular weight is 390 g/mol. The molecule has 0 amide bonds. The third-order valence-corrected chi connectivity index (χ3v) is 4.19. The van der Waals surface area contributed by atoms with Gasteiger partial charge < -0.3 is 14.8 Å². The Bertz CT molecular complexity index is 902. The maximum absolute atomic E-state index is 6.09. The first-order valence-corrected chi connectivity index (χ1v) is 8.62. The second-order valence-electron chi connectivity index (χ2n) is 5.57. The second-order valence-corrected chi connectivity index (χ2v) is 6.32. The van der Waals surface area contributed by atoms with Gasteiger partial charge in [-0.25, -0.2) is 4.98 Å². The van der Waals surface area contributed by atoms with Crippen LogP contribution in [0.25, 0.3) is 0 Å². The van der Waals surface area contributed by atoms with Crippen molar-refractivity contribution < 1.29 is 9.47 Å². The van der Waals surface area contributed by atoms with Crippen LogP contribution >= 0.6 is 23.2 Å². The van der Waals surface area contributed by atoms with Gasteiger partial charge in [0.25, 0.3) is 0 Å². The van der Waals surface area contributed by atoms with E-state index in [-0.39, 0.29) is 5.28 Å². The van der Waals surface area contributed by atoms with E-state index in [1.165, 1.54) is 6.20 Å². The van der Waals surface area contributed by atoms with Crippen molar-refractivity contribution in [2.45, 2.75) is 13.5 Å². The molecule has 26 heavy (non-hydrogen) atoms. The van der Waals surface area contributed by atoms with Gasteiger partial charge in [-0.3, -0.25) is 0 Å². The number of hydrogen-bond acceptors (Lipinski definition) is 5. The molecular weight excluding hydrogens is 373 g/mol. The van der Waals surface area contributed by atoms with E-state index in [1.807, 2.05) is 49.4 Å². The van der Waals surface area contributed by atoms with Gasteiger partial charge in [0.1, 0.15) is 23.1 Å². The molecule has 0 saturated carbocycles. The van der Waals surface area contributed by atoms with Crippen LogP contribution in [0.3, 0.4) is 0 Å². The van der Waals surface area contributed by atoms with E-state index >= 15 is 0 Å². The zero-order valence-corrected chi connectivity index (χ0v) is 15.8. The summed E-state index contributed by atoms with van der Waals surface area (Å²) in [4.78, 5) is 7.93. The zero-order valence-electron chi connectivity index (χ0n) is 14.3. The molecule has 2 aromatic carbocycles. The molecule has 1 heterocycles. The summed E-state index contributed by atoms with van der Waals surface area (Å²) < 4.78 is 11.0. The zero-order chi connectivity index (χ0) is 18.5. The van der Waals surface area contributed by atoms with Crippen LogP contribution in [0.4, 0.5) is 11.5 Å². The maximum Gasteiger partial charge on any atom is 0.224 e. The largest absolute Gasteiger partial charge is 0.497 e. The molecule has 0 spiro atoms. The molecule has 3 aromatic rings. The summed E-state index contributed by atoms with van der Waals surface area (Å²) in [7, 11) is 1.65. The Hall–Kier alpha value is -2.50. The van der Waals surface area contributed by atoms with E-state index in [9.17, 15) is 0 Å². The van der Waals surface area contributed by atoms with Crippen molar-refractivity contribution in [2.75, 3.05) is 12.4 Å². The topological polar surface area (TPSA) is 56.3 Å². The number of hydrogen-bond donors (Lipinski definition) is 1. The molecule has 7 heteroatoms. The summed E-state index contributed by atoms with van der Waals surface area (Å²) in [6.45, 7) is 2.45. The van der Waals surface area contributed by atoms with Crippen molar-refractivity contribution in [3.63, 3.8) is 0 Å². The lowest BCUT2D eigenvalue weighted by Gasteiger charge is -2.12. The summed E-state index contributed by atoms with van der Waals surface area (Å²) >= 11 is 11.9. The van der Waals surface area contributed by atoms with Crippen molar-refractivity contribution in [3.8, 4) is 11.5 Å².